The van der Waals surface area contributed by atoms with Gasteiger partial charge in [-0.25, -0.2) is 8.42 Å². The Hall–Kier alpha value is -0.990. The molecule has 8 heteroatoms. The van der Waals surface area contributed by atoms with Gasteiger partial charge in [-0.1, -0.05) is 0 Å². The average molecular weight is 289 g/mol. The highest BCUT2D eigenvalue weighted by molar-refractivity contribution is 7.89. The lowest BCUT2D eigenvalue weighted by atomic mass is 10.4. The van der Waals surface area contributed by atoms with Gasteiger partial charge in [0.05, 0.1) is 5.69 Å². The summed E-state index contributed by atoms with van der Waals surface area (Å²) >= 11 is 0. The molecule has 2 heterocycles. The molecule has 1 saturated heterocycles. The van der Waals surface area contributed by atoms with E-state index in [-0.39, 0.29) is 4.90 Å². The highest BCUT2D eigenvalue weighted by atomic mass is 32.2. The van der Waals surface area contributed by atoms with Crippen LogP contribution in [-0.4, -0.2) is 53.6 Å². The number of hydrogen-bond donors (Lipinski definition) is 1. The van der Waals surface area contributed by atoms with Crippen molar-refractivity contribution < 1.29 is 12.6 Å². The maximum Gasteiger partial charge on any atom is 0.246 e. The van der Waals surface area contributed by atoms with Crippen molar-refractivity contribution in [3.63, 3.8) is 0 Å². The molecule has 0 bridgehead atoms. The van der Waals surface area contributed by atoms with E-state index in [9.17, 15) is 12.6 Å². The molecule has 1 N–H and O–H groups in total. The van der Waals surface area contributed by atoms with Crippen molar-refractivity contribution in [3.8, 4) is 0 Å². The van der Waals surface area contributed by atoms with Crippen molar-refractivity contribution in [3.05, 3.63) is 18.5 Å². The van der Waals surface area contributed by atoms with Crippen LogP contribution in [0.5, 0.6) is 0 Å². The van der Waals surface area contributed by atoms with Crippen molar-refractivity contribution >= 4 is 26.5 Å². The molecule has 0 spiro atoms. The Kier molecular flexibility index (Phi) is 3.98. The number of aromatic nitrogens is 1. The standard InChI is InChI=1S/C10H15N3O3S2/c1-11-9-2-3-12-8-10(9)18(15,16)13-4-6-17(14)7-5-13/h2-3,8H,4-7H2,1H3,(H,11,12). The first kappa shape index (κ1) is 13.4. The summed E-state index contributed by atoms with van der Waals surface area (Å²) in [5.41, 5.74) is 0.525. The van der Waals surface area contributed by atoms with Gasteiger partial charge in [-0.3, -0.25) is 9.19 Å². The SMILES string of the molecule is CNc1ccncc1S(=O)(=O)N1CCS(=O)CC1. The third-order valence-corrected chi connectivity index (χ3v) is 6.01. The van der Waals surface area contributed by atoms with Crippen LogP contribution >= 0.6 is 0 Å². The molecular formula is C10H15N3O3S2. The number of rotatable bonds is 3. The van der Waals surface area contributed by atoms with Gasteiger partial charge in [0.15, 0.2) is 0 Å². The number of sulfonamides is 1. The minimum absolute atomic E-state index is 0.167. The molecule has 0 saturated carbocycles. The van der Waals surface area contributed by atoms with Gasteiger partial charge in [0.1, 0.15) is 4.90 Å². The molecule has 0 radical (unpaired) electrons. The summed E-state index contributed by atoms with van der Waals surface area (Å²) in [5.74, 6) is 0.794. The van der Waals surface area contributed by atoms with Crippen molar-refractivity contribution in [2.24, 2.45) is 0 Å². The first-order chi connectivity index (χ1) is 8.55. The van der Waals surface area contributed by atoms with Crippen LogP contribution in [0.1, 0.15) is 0 Å². The highest BCUT2D eigenvalue weighted by Gasteiger charge is 2.29. The second-order valence-corrected chi connectivity index (χ2v) is 7.48. The van der Waals surface area contributed by atoms with Crippen LogP contribution in [0.2, 0.25) is 0 Å². The van der Waals surface area contributed by atoms with Crippen LogP contribution in [0.4, 0.5) is 5.69 Å². The Morgan fingerprint density at radius 1 is 1.39 bits per heavy atom. The molecule has 2 rings (SSSR count). The first-order valence-electron chi connectivity index (χ1n) is 5.52. The third-order valence-electron chi connectivity index (χ3n) is 2.81. The smallest absolute Gasteiger partial charge is 0.246 e. The van der Waals surface area contributed by atoms with Crippen LogP contribution < -0.4 is 5.32 Å². The minimum Gasteiger partial charge on any atom is -0.387 e. The van der Waals surface area contributed by atoms with E-state index in [1.165, 1.54) is 16.7 Å². The van der Waals surface area contributed by atoms with Crippen LogP contribution in [0.25, 0.3) is 0 Å². The molecule has 1 aromatic heterocycles. The third kappa shape index (κ3) is 2.55. The van der Waals surface area contributed by atoms with Crippen LogP contribution in [0.15, 0.2) is 23.4 Å². The number of anilines is 1. The summed E-state index contributed by atoms with van der Waals surface area (Å²) in [6, 6.07) is 1.62. The molecular weight excluding hydrogens is 274 g/mol. The molecule has 0 unspecified atom stereocenters. The maximum atomic E-state index is 12.4. The van der Waals surface area contributed by atoms with Gasteiger partial charge in [0.25, 0.3) is 0 Å². The van der Waals surface area contributed by atoms with Crippen molar-refractivity contribution in [2.75, 3.05) is 37.0 Å². The fourth-order valence-electron chi connectivity index (χ4n) is 1.79. The summed E-state index contributed by atoms with van der Waals surface area (Å²) in [7, 11) is -2.78. The largest absolute Gasteiger partial charge is 0.387 e. The molecule has 6 nitrogen and oxygen atoms in total. The summed E-state index contributed by atoms with van der Waals surface area (Å²) in [6.07, 6.45) is 2.88. The van der Waals surface area contributed by atoms with E-state index in [4.69, 9.17) is 0 Å². The van der Waals surface area contributed by atoms with E-state index >= 15 is 0 Å². The maximum absolute atomic E-state index is 12.4. The fourth-order valence-corrected chi connectivity index (χ4v) is 4.66. The van der Waals surface area contributed by atoms with Crippen LogP contribution in [0, 0.1) is 0 Å². The quantitative estimate of drug-likeness (QED) is 0.839. The van der Waals surface area contributed by atoms with Crippen molar-refractivity contribution in [1.82, 2.24) is 9.29 Å². The fraction of sp³-hybridized carbons (Fsp3) is 0.500. The van der Waals surface area contributed by atoms with Gasteiger partial charge >= 0.3 is 0 Å². The lowest BCUT2D eigenvalue weighted by Gasteiger charge is -2.26. The lowest BCUT2D eigenvalue weighted by molar-refractivity contribution is 0.439. The van der Waals surface area contributed by atoms with Crippen LogP contribution in [0.3, 0.4) is 0 Å². The molecule has 18 heavy (non-hydrogen) atoms. The molecule has 1 aromatic rings. The Labute approximate surface area is 109 Å². The summed E-state index contributed by atoms with van der Waals surface area (Å²) in [6.45, 7) is 0.597. The highest BCUT2D eigenvalue weighted by Crippen LogP contribution is 2.23. The molecule has 0 atom stereocenters. The van der Waals surface area contributed by atoms with Gasteiger partial charge in [-0.2, -0.15) is 4.31 Å². The predicted octanol–water partition coefficient (Wildman–Crippen LogP) is -0.124. The van der Waals surface area contributed by atoms with Gasteiger partial charge in [-0.05, 0) is 6.07 Å². The summed E-state index contributed by atoms with van der Waals surface area (Å²) in [4.78, 5) is 4.03. The Morgan fingerprint density at radius 3 is 2.67 bits per heavy atom. The van der Waals surface area contributed by atoms with Gasteiger partial charge in [0, 0.05) is 54.8 Å². The van der Waals surface area contributed by atoms with E-state index in [1.54, 1.807) is 13.1 Å². The molecule has 1 aliphatic rings. The van der Waals surface area contributed by atoms with E-state index < -0.39 is 20.8 Å². The normalized spacial score (nSPS) is 18.7. The minimum atomic E-state index is -3.55. The van der Waals surface area contributed by atoms with E-state index in [2.05, 4.69) is 10.3 Å². The first-order valence-corrected chi connectivity index (χ1v) is 8.45. The number of hydrogen-bond acceptors (Lipinski definition) is 5. The zero-order valence-electron chi connectivity index (χ0n) is 10.00. The van der Waals surface area contributed by atoms with E-state index in [1.807, 2.05) is 0 Å². The average Bonchev–Trinajstić information content (AvgIpc) is 2.39. The molecule has 0 aromatic carbocycles. The van der Waals surface area contributed by atoms with Gasteiger partial charge in [-0.15, -0.1) is 0 Å². The second-order valence-electron chi connectivity index (χ2n) is 3.87. The molecule has 1 aliphatic heterocycles. The van der Waals surface area contributed by atoms with Gasteiger partial charge < -0.3 is 5.32 Å². The molecule has 1 fully saturated rings. The lowest BCUT2D eigenvalue weighted by Crippen LogP contribution is -2.41. The topological polar surface area (TPSA) is 79.4 Å². The van der Waals surface area contributed by atoms with E-state index in [0.717, 1.165) is 0 Å². The molecule has 100 valence electrons. The molecule has 0 amide bonds. The van der Waals surface area contributed by atoms with Gasteiger partial charge in [0.2, 0.25) is 10.0 Å². The zero-order valence-corrected chi connectivity index (χ0v) is 11.6. The summed E-state index contributed by atoms with van der Waals surface area (Å²) < 4.78 is 37.5. The van der Waals surface area contributed by atoms with Crippen LogP contribution in [-0.2, 0) is 20.8 Å². The monoisotopic (exact) mass is 289 g/mol. The van der Waals surface area contributed by atoms with Crippen molar-refractivity contribution in [2.45, 2.75) is 4.90 Å². The Bertz CT molecular complexity index is 549. The number of nitrogens with one attached hydrogen (secondary N) is 1. The number of pyridine rings is 1. The Morgan fingerprint density at radius 2 is 2.06 bits per heavy atom. The number of nitrogens with zero attached hydrogens (tertiary/aromatic N) is 2. The van der Waals surface area contributed by atoms with Crippen molar-refractivity contribution in [1.29, 1.82) is 0 Å². The zero-order chi connectivity index (χ0) is 13.2. The molecule has 0 aliphatic carbocycles. The Balaban J connectivity index is 2.33. The summed E-state index contributed by atoms with van der Waals surface area (Å²) in [5, 5.41) is 2.84. The second kappa shape index (κ2) is 5.33. The predicted molar refractivity (Wildman–Crippen MR) is 70.4 cm³/mol. The van der Waals surface area contributed by atoms with E-state index in [0.29, 0.717) is 30.3 Å².